The Hall–Kier alpha value is -0.380. The predicted octanol–water partition coefficient (Wildman–Crippen LogP) is 4.57. The maximum Gasteiger partial charge on any atom is 0.0242 e. The fraction of sp³-hybridized carbons (Fsp3) is 0.667. The van der Waals surface area contributed by atoms with Gasteiger partial charge < -0.3 is 10.2 Å². The molecule has 0 bridgehead atoms. The van der Waals surface area contributed by atoms with E-state index in [-0.39, 0.29) is 5.54 Å². The van der Waals surface area contributed by atoms with Gasteiger partial charge in [-0.2, -0.15) is 0 Å². The molecule has 21 heavy (non-hydrogen) atoms. The summed E-state index contributed by atoms with van der Waals surface area (Å²) >= 11 is 3.74. The fourth-order valence-corrected chi connectivity index (χ4v) is 3.22. The van der Waals surface area contributed by atoms with Crippen LogP contribution >= 0.6 is 15.9 Å². The number of rotatable bonds is 6. The first kappa shape index (κ1) is 17.0. The van der Waals surface area contributed by atoms with Crippen molar-refractivity contribution in [3.63, 3.8) is 0 Å². The van der Waals surface area contributed by atoms with E-state index in [0.29, 0.717) is 0 Å². The first-order valence-electron chi connectivity index (χ1n) is 8.04. The quantitative estimate of drug-likeness (QED) is 0.806. The van der Waals surface area contributed by atoms with Crippen LogP contribution in [0.1, 0.15) is 51.2 Å². The molecule has 0 saturated heterocycles. The summed E-state index contributed by atoms with van der Waals surface area (Å²) < 4.78 is 1.23. The number of hydrogen-bond acceptors (Lipinski definition) is 2. The summed E-state index contributed by atoms with van der Waals surface area (Å²) in [5.41, 5.74) is 2.88. The van der Waals surface area contributed by atoms with Crippen molar-refractivity contribution >= 4 is 15.9 Å². The van der Waals surface area contributed by atoms with E-state index >= 15 is 0 Å². The summed E-state index contributed by atoms with van der Waals surface area (Å²) in [6.45, 7) is 9.79. The standard InChI is InChI=1S/C18H29BrN2/c1-18(2,3)20-11-15-8-9-16(17(19)10-15)13-21(4)12-14-6-5-7-14/h8-10,14,20H,5-7,11-13H2,1-4H3. The first-order chi connectivity index (χ1) is 9.83. The topological polar surface area (TPSA) is 15.3 Å². The van der Waals surface area contributed by atoms with Crippen LogP contribution in [0.3, 0.4) is 0 Å². The van der Waals surface area contributed by atoms with E-state index in [9.17, 15) is 0 Å². The molecule has 1 aromatic carbocycles. The number of halogens is 1. The number of benzene rings is 1. The Bertz CT molecular complexity index is 461. The number of nitrogens with zero attached hydrogens (tertiary/aromatic N) is 1. The zero-order valence-electron chi connectivity index (χ0n) is 13.9. The van der Waals surface area contributed by atoms with Gasteiger partial charge in [0.25, 0.3) is 0 Å². The molecule has 118 valence electrons. The molecule has 0 unspecified atom stereocenters. The van der Waals surface area contributed by atoms with Crippen LogP contribution in [-0.2, 0) is 13.1 Å². The molecule has 1 saturated carbocycles. The van der Waals surface area contributed by atoms with E-state index < -0.39 is 0 Å². The van der Waals surface area contributed by atoms with Crippen LogP contribution in [0.4, 0.5) is 0 Å². The molecule has 1 N–H and O–H groups in total. The Morgan fingerprint density at radius 2 is 2.00 bits per heavy atom. The molecule has 2 nitrogen and oxygen atoms in total. The second-order valence-corrected chi connectivity index (χ2v) is 8.38. The fourth-order valence-electron chi connectivity index (χ4n) is 2.67. The van der Waals surface area contributed by atoms with Gasteiger partial charge in [-0.25, -0.2) is 0 Å². The second-order valence-electron chi connectivity index (χ2n) is 7.52. The highest BCUT2D eigenvalue weighted by molar-refractivity contribution is 9.10. The molecule has 0 aliphatic heterocycles. The average molecular weight is 353 g/mol. The Morgan fingerprint density at radius 3 is 2.52 bits per heavy atom. The lowest BCUT2D eigenvalue weighted by Crippen LogP contribution is -2.35. The number of hydrogen-bond donors (Lipinski definition) is 1. The zero-order valence-corrected chi connectivity index (χ0v) is 15.5. The predicted molar refractivity (Wildman–Crippen MR) is 94.4 cm³/mol. The third-order valence-electron chi connectivity index (χ3n) is 4.18. The van der Waals surface area contributed by atoms with Gasteiger partial charge in [0.1, 0.15) is 0 Å². The summed E-state index contributed by atoms with van der Waals surface area (Å²) in [6.07, 6.45) is 4.27. The van der Waals surface area contributed by atoms with Crippen molar-refractivity contribution in [1.29, 1.82) is 0 Å². The summed E-state index contributed by atoms with van der Waals surface area (Å²) in [6, 6.07) is 6.77. The summed E-state index contributed by atoms with van der Waals surface area (Å²) in [5.74, 6) is 0.934. The Kier molecular flexibility index (Phi) is 5.87. The van der Waals surface area contributed by atoms with Crippen LogP contribution in [0.2, 0.25) is 0 Å². The normalized spacial score (nSPS) is 16.3. The van der Waals surface area contributed by atoms with E-state index in [1.54, 1.807) is 0 Å². The molecule has 2 rings (SSSR count). The maximum atomic E-state index is 3.74. The molecule has 0 spiro atoms. The Morgan fingerprint density at radius 1 is 1.29 bits per heavy atom. The monoisotopic (exact) mass is 352 g/mol. The molecule has 1 fully saturated rings. The van der Waals surface area contributed by atoms with Crippen molar-refractivity contribution in [2.75, 3.05) is 13.6 Å². The minimum absolute atomic E-state index is 0.161. The van der Waals surface area contributed by atoms with Crippen LogP contribution in [0.25, 0.3) is 0 Å². The minimum atomic E-state index is 0.161. The van der Waals surface area contributed by atoms with Gasteiger partial charge >= 0.3 is 0 Å². The lowest BCUT2D eigenvalue weighted by atomic mass is 9.85. The minimum Gasteiger partial charge on any atom is -0.308 e. The van der Waals surface area contributed by atoms with Crippen molar-refractivity contribution in [3.05, 3.63) is 33.8 Å². The lowest BCUT2D eigenvalue weighted by Gasteiger charge is -2.30. The summed E-state index contributed by atoms with van der Waals surface area (Å²) in [7, 11) is 2.24. The van der Waals surface area contributed by atoms with Gasteiger partial charge in [-0.1, -0.05) is 34.5 Å². The molecule has 0 atom stereocenters. The van der Waals surface area contributed by atoms with E-state index in [0.717, 1.165) is 19.0 Å². The maximum absolute atomic E-state index is 3.74. The highest BCUT2D eigenvalue weighted by atomic mass is 79.9. The third kappa shape index (κ3) is 5.72. The first-order valence-corrected chi connectivity index (χ1v) is 8.84. The largest absolute Gasteiger partial charge is 0.308 e. The molecule has 1 aliphatic carbocycles. The smallest absolute Gasteiger partial charge is 0.0242 e. The Labute approximate surface area is 138 Å². The van der Waals surface area contributed by atoms with Crippen molar-refractivity contribution in [1.82, 2.24) is 10.2 Å². The van der Waals surface area contributed by atoms with Gasteiger partial charge in [0.15, 0.2) is 0 Å². The van der Waals surface area contributed by atoms with Crippen LogP contribution in [0, 0.1) is 5.92 Å². The van der Waals surface area contributed by atoms with Gasteiger partial charge in [-0.15, -0.1) is 0 Å². The van der Waals surface area contributed by atoms with E-state index in [1.165, 1.54) is 41.4 Å². The van der Waals surface area contributed by atoms with Crippen molar-refractivity contribution < 1.29 is 0 Å². The van der Waals surface area contributed by atoms with Gasteiger partial charge in [0.05, 0.1) is 0 Å². The molecule has 1 aliphatic rings. The van der Waals surface area contributed by atoms with Crippen LogP contribution < -0.4 is 5.32 Å². The van der Waals surface area contributed by atoms with Gasteiger partial charge in [-0.05, 0) is 63.8 Å². The van der Waals surface area contributed by atoms with Gasteiger partial charge in [0, 0.05) is 29.6 Å². The van der Waals surface area contributed by atoms with E-state index in [1.807, 2.05) is 0 Å². The van der Waals surface area contributed by atoms with Gasteiger partial charge in [-0.3, -0.25) is 0 Å². The number of nitrogens with one attached hydrogen (secondary N) is 1. The zero-order chi connectivity index (χ0) is 15.5. The van der Waals surface area contributed by atoms with Gasteiger partial charge in [0.2, 0.25) is 0 Å². The second kappa shape index (κ2) is 7.26. The molecule has 0 aromatic heterocycles. The van der Waals surface area contributed by atoms with E-state index in [2.05, 4.69) is 72.2 Å². The molecule has 0 radical (unpaired) electrons. The van der Waals surface area contributed by atoms with Crippen molar-refractivity contribution in [2.24, 2.45) is 5.92 Å². The lowest BCUT2D eigenvalue weighted by molar-refractivity contribution is 0.200. The van der Waals surface area contributed by atoms with E-state index in [4.69, 9.17) is 0 Å². The third-order valence-corrected chi connectivity index (χ3v) is 4.91. The molecular weight excluding hydrogens is 324 g/mol. The Balaban J connectivity index is 1.88. The van der Waals surface area contributed by atoms with Crippen molar-refractivity contribution in [2.45, 2.75) is 58.7 Å². The van der Waals surface area contributed by atoms with Crippen LogP contribution in [-0.4, -0.2) is 24.0 Å². The average Bonchev–Trinajstić information content (AvgIpc) is 2.33. The highest BCUT2D eigenvalue weighted by Crippen LogP contribution is 2.28. The summed E-state index contributed by atoms with van der Waals surface area (Å²) in [5, 5.41) is 3.54. The molecule has 1 aromatic rings. The molecular formula is C18H29BrN2. The molecule has 0 heterocycles. The highest BCUT2D eigenvalue weighted by Gasteiger charge is 2.19. The molecule has 3 heteroatoms. The summed E-state index contributed by atoms with van der Waals surface area (Å²) in [4.78, 5) is 2.46. The molecule has 0 amide bonds. The van der Waals surface area contributed by atoms with Crippen molar-refractivity contribution in [3.8, 4) is 0 Å². The van der Waals surface area contributed by atoms with Crippen LogP contribution in [0.15, 0.2) is 22.7 Å². The van der Waals surface area contributed by atoms with Crippen LogP contribution in [0.5, 0.6) is 0 Å². The SMILES string of the molecule is CN(Cc1ccc(CNC(C)(C)C)cc1Br)CC1CCC1.